The second kappa shape index (κ2) is 5.88. The molecule has 1 aromatic rings. The van der Waals surface area contributed by atoms with Crippen LogP contribution in [-0.4, -0.2) is 48.2 Å². The van der Waals surface area contributed by atoms with E-state index in [0.717, 1.165) is 48.6 Å². The zero-order valence-electron chi connectivity index (χ0n) is 12.5. The van der Waals surface area contributed by atoms with Crippen molar-refractivity contribution in [1.82, 2.24) is 9.88 Å². The second-order valence-electron chi connectivity index (χ2n) is 5.69. The molecule has 1 aliphatic heterocycles. The van der Waals surface area contributed by atoms with Gasteiger partial charge in [0.05, 0.1) is 6.61 Å². The van der Waals surface area contributed by atoms with Gasteiger partial charge in [0.1, 0.15) is 5.82 Å². The van der Waals surface area contributed by atoms with Crippen molar-refractivity contribution < 1.29 is 5.11 Å². The van der Waals surface area contributed by atoms with Crippen molar-refractivity contribution in [3.63, 3.8) is 0 Å². The predicted octanol–water partition coefficient (Wildman–Crippen LogP) is 1.72. The molecule has 0 radical (unpaired) electrons. The first-order chi connectivity index (χ1) is 9.02. The Kier molecular flexibility index (Phi) is 4.42. The van der Waals surface area contributed by atoms with Gasteiger partial charge in [0.15, 0.2) is 0 Å². The van der Waals surface area contributed by atoms with Crippen LogP contribution in [0.1, 0.15) is 29.7 Å². The van der Waals surface area contributed by atoms with Gasteiger partial charge in [-0.05, 0) is 58.5 Å². The maximum atomic E-state index is 9.60. The molecule has 2 rings (SSSR count). The molecule has 0 saturated carbocycles. The van der Waals surface area contributed by atoms with Crippen molar-refractivity contribution in [2.45, 2.75) is 39.3 Å². The Bertz CT molecular complexity index is 439. The zero-order valence-corrected chi connectivity index (χ0v) is 12.5. The van der Waals surface area contributed by atoms with Gasteiger partial charge in [-0.2, -0.15) is 0 Å². The maximum absolute atomic E-state index is 9.60. The first-order valence-electron chi connectivity index (χ1n) is 7.02. The van der Waals surface area contributed by atoms with Crippen molar-refractivity contribution in [3.05, 3.63) is 22.9 Å². The van der Waals surface area contributed by atoms with Crippen LogP contribution in [0.15, 0.2) is 6.07 Å². The van der Waals surface area contributed by atoms with E-state index in [1.54, 1.807) is 0 Å². The Balaban J connectivity index is 2.25. The number of piperidine rings is 1. The van der Waals surface area contributed by atoms with E-state index < -0.39 is 0 Å². The fourth-order valence-electron chi connectivity index (χ4n) is 2.89. The van der Waals surface area contributed by atoms with Crippen LogP contribution in [0.4, 0.5) is 5.82 Å². The van der Waals surface area contributed by atoms with E-state index in [-0.39, 0.29) is 6.61 Å². The molecule has 0 bridgehead atoms. The van der Waals surface area contributed by atoms with Gasteiger partial charge in [0.2, 0.25) is 0 Å². The lowest BCUT2D eigenvalue weighted by Gasteiger charge is -2.36. The van der Waals surface area contributed by atoms with Crippen LogP contribution < -0.4 is 4.90 Å². The molecule has 106 valence electrons. The molecule has 0 spiro atoms. The number of likely N-dealkylation sites (tertiary alicyclic amines) is 1. The van der Waals surface area contributed by atoms with Crippen molar-refractivity contribution in [1.29, 1.82) is 0 Å². The van der Waals surface area contributed by atoms with E-state index >= 15 is 0 Å². The molecule has 0 aromatic carbocycles. The normalized spacial score (nSPS) is 17.7. The Morgan fingerprint density at radius 1 is 1.37 bits per heavy atom. The molecule has 4 heteroatoms. The minimum atomic E-state index is 0.0609. The molecule has 0 atom stereocenters. The number of aliphatic hydroxyl groups excluding tert-OH is 1. The molecule has 4 nitrogen and oxygen atoms in total. The van der Waals surface area contributed by atoms with Crippen LogP contribution in [0.25, 0.3) is 0 Å². The van der Waals surface area contributed by atoms with Crippen LogP contribution in [0.3, 0.4) is 0 Å². The molecule has 0 unspecified atom stereocenters. The highest BCUT2D eigenvalue weighted by atomic mass is 16.3. The summed E-state index contributed by atoms with van der Waals surface area (Å²) in [6.45, 7) is 6.39. The molecule has 1 aliphatic rings. The summed E-state index contributed by atoms with van der Waals surface area (Å²) in [5.74, 6) is 0.953. The minimum Gasteiger partial charge on any atom is -0.392 e. The summed E-state index contributed by atoms with van der Waals surface area (Å²) in [6, 6.07) is 2.56. The van der Waals surface area contributed by atoms with Gasteiger partial charge in [-0.3, -0.25) is 0 Å². The summed E-state index contributed by atoms with van der Waals surface area (Å²) in [6.07, 6.45) is 2.32. The van der Waals surface area contributed by atoms with E-state index in [1.807, 2.05) is 19.9 Å². The number of pyridine rings is 1. The molecule has 2 heterocycles. The average molecular weight is 263 g/mol. The molecule has 19 heavy (non-hydrogen) atoms. The lowest BCUT2D eigenvalue weighted by Crippen LogP contribution is -2.42. The summed E-state index contributed by atoms with van der Waals surface area (Å²) >= 11 is 0. The van der Waals surface area contributed by atoms with E-state index in [9.17, 15) is 5.11 Å². The van der Waals surface area contributed by atoms with Crippen LogP contribution in [0.2, 0.25) is 0 Å². The highest BCUT2D eigenvalue weighted by Crippen LogP contribution is 2.26. The highest BCUT2D eigenvalue weighted by molar-refractivity contribution is 5.51. The number of hydrogen-bond acceptors (Lipinski definition) is 4. The Labute approximate surface area is 116 Å². The smallest absolute Gasteiger partial charge is 0.134 e. The molecule has 0 amide bonds. The van der Waals surface area contributed by atoms with Crippen molar-refractivity contribution in [3.8, 4) is 0 Å². The minimum absolute atomic E-state index is 0.0609. The third-order valence-electron chi connectivity index (χ3n) is 4.18. The average Bonchev–Trinajstić information content (AvgIpc) is 2.38. The number of aromatic nitrogens is 1. The summed E-state index contributed by atoms with van der Waals surface area (Å²) < 4.78 is 0. The highest BCUT2D eigenvalue weighted by Gasteiger charge is 2.23. The van der Waals surface area contributed by atoms with Gasteiger partial charge in [-0.1, -0.05) is 0 Å². The van der Waals surface area contributed by atoms with Gasteiger partial charge in [-0.15, -0.1) is 0 Å². The second-order valence-corrected chi connectivity index (χ2v) is 5.69. The first kappa shape index (κ1) is 14.3. The van der Waals surface area contributed by atoms with E-state index in [4.69, 9.17) is 0 Å². The Morgan fingerprint density at radius 2 is 2.00 bits per heavy atom. The monoisotopic (exact) mass is 263 g/mol. The SMILES string of the molecule is Cc1cc(C)c(CO)c(N(C)C2CCN(C)CC2)n1. The predicted molar refractivity (Wildman–Crippen MR) is 78.6 cm³/mol. The number of rotatable bonds is 3. The van der Waals surface area contributed by atoms with Crippen LogP contribution in [-0.2, 0) is 6.61 Å². The van der Waals surface area contributed by atoms with Gasteiger partial charge in [-0.25, -0.2) is 4.98 Å². The number of hydrogen-bond donors (Lipinski definition) is 1. The van der Waals surface area contributed by atoms with Gasteiger partial charge < -0.3 is 14.9 Å². The third kappa shape index (κ3) is 3.07. The fourth-order valence-corrected chi connectivity index (χ4v) is 2.89. The molecule has 0 aliphatic carbocycles. The van der Waals surface area contributed by atoms with E-state index in [0.29, 0.717) is 6.04 Å². The standard InChI is InChI=1S/C15H25N3O/c1-11-9-12(2)16-15(14(11)10-19)18(4)13-5-7-17(3)8-6-13/h9,13,19H,5-8,10H2,1-4H3. The lowest BCUT2D eigenvalue weighted by atomic mass is 10.0. The van der Waals surface area contributed by atoms with Crippen LogP contribution in [0.5, 0.6) is 0 Å². The molecule has 1 fully saturated rings. The Morgan fingerprint density at radius 3 is 2.58 bits per heavy atom. The van der Waals surface area contributed by atoms with Crippen molar-refractivity contribution in [2.24, 2.45) is 0 Å². The number of aryl methyl sites for hydroxylation is 2. The number of anilines is 1. The van der Waals surface area contributed by atoms with Crippen molar-refractivity contribution >= 4 is 5.82 Å². The summed E-state index contributed by atoms with van der Waals surface area (Å²) in [4.78, 5) is 9.28. The summed E-state index contributed by atoms with van der Waals surface area (Å²) in [7, 11) is 4.28. The molecule has 1 saturated heterocycles. The summed E-state index contributed by atoms with van der Waals surface area (Å²) in [5, 5.41) is 9.60. The third-order valence-corrected chi connectivity index (χ3v) is 4.18. The number of aliphatic hydroxyl groups is 1. The fraction of sp³-hybridized carbons (Fsp3) is 0.667. The largest absolute Gasteiger partial charge is 0.392 e. The lowest BCUT2D eigenvalue weighted by molar-refractivity contribution is 0.251. The summed E-state index contributed by atoms with van der Waals surface area (Å²) in [5.41, 5.74) is 3.11. The molecular formula is C15H25N3O. The molecule has 1 N–H and O–H groups in total. The molecular weight excluding hydrogens is 238 g/mol. The maximum Gasteiger partial charge on any atom is 0.134 e. The topological polar surface area (TPSA) is 39.6 Å². The van der Waals surface area contributed by atoms with E-state index in [2.05, 4.69) is 28.9 Å². The van der Waals surface area contributed by atoms with Gasteiger partial charge in [0.25, 0.3) is 0 Å². The first-order valence-corrected chi connectivity index (χ1v) is 7.02. The van der Waals surface area contributed by atoms with Gasteiger partial charge >= 0.3 is 0 Å². The number of nitrogens with zero attached hydrogens (tertiary/aromatic N) is 3. The van der Waals surface area contributed by atoms with Crippen LogP contribution >= 0.6 is 0 Å². The quantitative estimate of drug-likeness (QED) is 0.901. The molecule has 1 aromatic heterocycles. The van der Waals surface area contributed by atoms with Crippen LogP contribution in [0, 0.1) is 13.8 Å². The van der Waals surface area contributed by atoms with Gasteiger partial charge in [0, 0.05) is 24.3 Å². The Hall–Kier alpha value is -1.13. The zero-order chi connectivity index (χ0) is 14.0. The van der Waals surface area contributed by atoms with E-state index in [1.165, 1.54) is 0 Å². The van der Waals surface area contributed by atoms with Crippen molar-refractivity contribution in [2.75, 3.05) is 32.1 Å².